The number of carbonyl (C=O) groups excluding carboxylic acids is 3. The molecular weight excluding hydrogens is 342 g/mol. The predicted molar refractivity (Wildman–Crippen MR) is 94.0 cm³/mol. The Labute approximate surface area is 149 Å². The maximum absolute atomic E-state index is 12.3. The van der Waals surface area contributed by atoms with Crippen LogP contribution < -0.4 is 15.8 Å². The number of hydrogen-bond acceptors (Lipinski definition) is 3. The molecule has 1 saturated heterocycles. The largest absolute Gasteiger partial charge is 0.312 e. The molecule has 0 aliphatic carbocycles. The number of nitrogens with zero attached hydrogens (tertiary/aromatic N) is 1. The third kappa shape index (κ3) is 3.80. The van der Waals surface area contributed by atoms with E-state index in [1.807, 2.05) is 30.3 Å². The summed E-state index contributed by atoms with van der Waals surface area (Å²) in [7, 11) is 0. The van der Waals surface area contributed by atoms with E-state index in [-0.39, 0.29) is 24.4 Å². The van der Waals surface area contributed by atoms with Crippen LogP contribution in [0, 0.1) is 5.92 Å². The van der Waals surface area contributed by atoms with E-state index >= 15 is 0 Å². The van der Waals surface area contributed by atoms with Gasteiger partial charge in [-0.25, -0.2) is 0 Å². The van der Waals surface area contributed by atoms with E-state index in [9.17, 15) is 14.4 Å². The molecule has 0 spiro atoms. The van der Waals surface area contributed by atoms with Gasteiger partial charge in [-0.1, -0.05) is 41.9 Å². The number of amides is 3. The molecule has 0 saturated carbocycles. The molecule has 1 atom stereocenters. The number of anilines is 1. The second-order valence-corrected chi connectivity index (χ2v) is 6.07. The Bertz CT molecular complexity index is 810. The molecular formula is C18H16ClN3O3. The zero-order valence-corrected chi connectivity index (χ0v) is 14.0. The Morgan fingerprint density at radius 1 is 1.00 bits per heavy atom. The first kappa shape index (κ1) is 17.0. The van der Waals surface area contributed by atoms with Crippen molar-refractivity contribution >= 4 is 35.0 Å². The molecule has 2 N–H and O–H groups in total. The summed E-state index contributed by atoms with van der Waals surface area (Å²) in [6.07, 6.45) is 0.0999. The van der Waals surface area contributed by atoms with Crippen molar-refractivity contribution in [3.63, 3.8) is 0 Å². The van der Waals surface area contributed by atoms with Gasteiger partial charge in [0.05, 0.1) is 16.5 Å². The van der Waals surface area contributed by atoms with Crippen LogP contribution in [-0.2, 0) is 9.59 Å². The van der Waals surface area contributed by atoms with Crippen molar-refractivity contribution in [2.45, 2.75) is 6.42 Å². The van der Waals surface area contributed by atoms with Gasteiger partial charge in [0.25, 0.3) is 5.91 Å². The van der Waals surface area contributed by atoms with Crippen molar-refractivity contribution in [2.75, 3.05) is 11.4 Å². The Hall–Kier alpha value is -2.86. The zero-order valence-electron chi connectivity index (χ0n) is 13.2. The molecule has 7 heteroatoms. The Kier molecular flexibility index (Phi) is 5.00. The number of carbonyl (C=O) groups is 3. The summed E-state index contributed by atoms with van der Waals surface area (Å²) in [6, 6.07) is 15.7. The van der Waals surface area contributed by atoms with Gasteiger partial charge in [-0.15, -0.1) is 0 Å². The van der Waals surface area contributed by atoms with Gasteiger partial charge in [0.1, 0.15) is 0 Å². The summed E-state index contributed by atoms with van der Waals surface area (Å²) in [5.74, 6) is -1.57. The van der Waals surface area contributed by atoms with Gasteiger partial charge in [0, 0.05) is 18.7 Å². The fourth-order valence-electron chi connectivity index (χ4n) is 2.67. The topological polar surface area (TPSA) is 78.5 Å². The summed E-state index contributed by atoms with van der Waals surface area (Å²) in [6.45, 7) is 0.274. The molecule has 0 bridgehead atoms. The summed E-state index contributed by atoms with van der Waals surface area (Å²) < 4.78 is 0. The third-order valence-electron chi connectivity index (χ3n) is 3.98. The molecule has 6 nitrogen and oxygen atoms in total. The molecule has 2 aromatic carbocycles. The lowest BCUT2D eigenvalue weighted by Crippen LogP contribution is -2.45. The normalized spacial score (nSPS) is 16.6. The minimum Gasteiger partial charge on any atom is -0.312 e. The van der Waals surface area contributed by atoms with Crippen LogP contribution in [0.3, 0.4) is 0 Å². The van der Waals surface area contributed by atoms with E-state index < -0.39 is 17.7 Å². The fourth-order valence-corrected chi connectivity index (χ4v) is 2.90. The molecule has 1 aliphatic rings. The highest BCUT2D eigenvalue weighted by atomic mass is 35.5. The maximum atomic E-state index is 12.3. The number of halogens is 1. The molecule has 1 aliphatic heterocycles. The molecule has 3 rings (SSSR count). The average molecular weight is 358 g/mol. The number of benzene rings is 2. The van der Waals surface area contributed by atoms with Crippen LogP contribution in [0.5, 0.6) is 0 Å². The monoisotopic (exact) mass is 357 g/mol. The van der Waals surface area contributed by atoms with Crippen molar-refractivity contribution < 1.29 is 14.4 Å². The van der Waals surface area contributed by atoms with Gasteiger partial charge in [-0.3, -0.25) is 25.2 Å². The highest BCUT2D eigenvalue weighted by molar-refractivity contribution is 6.33. The van der Waals surface area contributed by atoms with Gasteiger partial charge >= 0.3 is 0 Å². The Morgan fingerprint density at radius 3 is 2.40 bits per heavy atom. The molecule has 1 heterocycles. The van der Waals surface area contributed by atoms with Crippen molar-refractivity contribution in [1.82, 2.24) is 10.9 Å². The summed E-state index contributed by atoms with van der Waals surface area (Å²) in [5.41, 5.74) is 5.71. The van der Waals surface area contributed by atoms with Crippen molar-refractivity contribution in [1.29, 1.82) is 0 Å². The lowest BCUT2D eigenvalue weighted by molar-refractivity contribution is -0.126. The van der Waals surface area contributed by atoms with Crippen molar-refractivity contribution in [2.24, 2.45) is 5.92 Å². The number of hydrogen-bond donors (Lipinski definition) is 2. The van der Waals surface area contributed by atoms with Gasteiger partial charge < -0.3 is 4.90 Å². The maximum Gasteiger partial charge on any atom is 0.271 e. The molecule has 25 heavy (non-hydrogen) atoms. The highest BCUT2D eigenvalue weighted by Gasteiger charge is 2.35. The zero-order chi connectivity index (χ0) is 17.8. The van der Waals surface area contributed by atoms with Crippen LogP contribution in [0.15, 0.2) is 54.6 Å². The van der Waals surface area contributed by atoms with Crippen LogP contribution in [0.4, 0.5) is 5.69 Å². The van der Waals surface area contributed by atoms with E-state index in [0.29, 0.717) is 5.02 Å². The lowest BCUT2D eigenvalue weighted by atomic mass is 10.1. The second-order valence-electron chi connectivity index (χ2n) is 5.66. The van der Waals surface area contributed by atoms with Crippen LogP contribution in [0.2, 0.25) is 5.02 Å². The number of rotatable bonds is 3. The molecule has 1 fully saturated rings. The van der Waals surface area contributed by atoms with Crippen molar-refractivity contribution in [3.8, 4) is 0 Å². The van der Waals surface area contributed by atoms with Crippen LogP contribution in [-0.4, -0.2) is 24.3 Å². The summed E-state index contributed by atoms with van der Waals surface area (Å²) >= 11 is 5.94. The van der Waals surface area contributed by atoms with E-state index in [2.05, 4.69) is 10.9 Å². The molecule has 0 aromatic heterocycles. The predicted octanol–water partition coefficient (Wildman–Crippen LogP) is 2.15. The summed E-state index contributed by atoms with van der Waals surface area (Å²) in [5, 5.41) is 0.292. The minimum absolute atomic E-state index is 0.0999. The van der Waals surface area contributed by atoms with E-state index in [4.69, 9.17) is 11.6 Å². The van der Waals surface area contributed by atoms with E-state index in [1.54, 1.807) is 29.2 Å². The molecule has 2 aromatic rings. The lowest BCUT2D eigenvalue weighted by Gasteiger charge is -2.16. The SMILES string of the molecule is O=C(NNC(=O)[C@@H]1CC(=O)N(c2ccccc2)C1)c1ccccc1Cl. The van der Waals surface area contributed by atoms with Crippen LogP contribution >= 0.6 is 11.6 Å². The van der Waals surface area contributed by atoms with Crippen molar-refractivity contribution in [3.05, 3.63) is 65.2 Å². The number of para-hydroxylation sites is 1. The van der Waals surface area contributed by atoms with Gasteiger partial charge in [0.15, 0.2) is 0 Å². The first-order valence-corrected chi connectivity index (χ1v) is 8.14. The first-order chi connectivity index (χ1) is 12.1. The third-order valence-corrected chi connectivity index (χ3v) is 4.31. The van der Waals surface area contributed by atoms with Gasteiger partial charge in [0.2, 0.25) is 11.8 Å². The van der Waals surface area contributed by atoms with E-state index in [0.717, 1.165) is 5.69 Å². The van der Waals surface area contributed by atoms with Crippen LogP contribution in [0.1, 0.15) is 16.8 Å². The standard InChI is InChI=1S/C18H16ClN3O3/c19-15-9-5-4-8-14(15)18(25)21-20-17(24)12-10-16(23)22(11-12)13-6-2-1-3-7-13/h1-9,12H,10-11H2,(H,20,24)(H,21,25)/t12-/m1/s1. The quantitative estimate of drug-likeness (QED) is 0.826. The highest BCUT2D eigenvalue weighted by Crippen LogP contribution is 2.24. The number of hydrazine groups is 1. The summed E-state index contributed by atoms with van der Waals surface area (Å²) in [4.78, 5) is 38.0. The smallest absolute Gasteiger partial charge is 0.271 e. The number of nitrogens with one attached hydrogen (secondary N) is 2. The van der Waals surface area contributed by atoms with E-state index in [1.165, 1.54) is 0 Å². The molecule has 128 valence electrons. The first-order valence-electron chi connectivity index (χ1n) is 7.76. The fraction of sp³-hybridized carbons (Fsp3) is 0.167. The van der Waals surface area contributed by atoms with Gasteiger partial charge in [-0.2, -0.15) is 0 Å². The minimum atomic E-state index is -0.528. The second kappa shape index (κ2) is 7.36. The van der Waals surface area contributed by atoms with Crippen LogP contribution in [0.25, 0.3) is 0 Å². The van der Waals surface area contributed by atoms with Gasteiger partial charge in [-0.05, 0) is 24.3 Å². The molecule has 3 amide bonds. The Morgan fingerprint density at radius 2 is 1.68 bits per heavy atom. The molecule has 0 radical (unpaired) electrons. The Balaban J connectivity index is 1.58. The molecule has 0 unspecified atom stereocenters. The average Bonchev–Trinajstić information content (AvgIpc) is 3.02.